The molecule has 0 aliphatic heterocycles. The van der Waals surface area contributed by atoms with Crippen molar-refractivity contribution in [3.05, 3.63) is 187 Å². The third-order valence-corrected chi connectivity index (χ3v) is 15.0. The number of benzene rings is 6. The van der Waals surface area contributed by atoms with E-state index in [1.54, 1.807) is 0 Å². The summed E-state index contributed by atoms with van der Waals surface area (Å²) in [6, 6.07) is 37.1. The summed E-state index contributed by atoms with van der Waals surface area (Å²) in [5.41, 5.74) is 12.9. The monoisotopic (exact) mass is 1200 g/mol. The second-order valence-corrected chi connectivity index (χ2v) is 31.7. The van der Waals surface area contributed by atoms with Gasteiger partial charge in [0.15, 0.2) is 0 Å². The molecule has 0 atom stereocenters. The Morgan fingerprint density at radius 1 is 0.277 bits per heavy atom. The van der Waals surface area contributed by atoms with Gasteiger partial charge in [-0.25, -0.2) is 0 Å². The number of rotatable bonds is 8. The maximum Gasteiger partial charge on any atom is 4.00 e. The van der Waals surface area contributed by atoms with Crippen LogP contribution in [-0.4, -0.2) is 23.9 Å². The summed E-state index contributed by atoms with van der Waals surface area (Å²) >= 11 is 0. The van der Waals surface area contributed by atoms with Crippen molar-refractivity contribution in [2.45, 2.75) is 250 Å². The van der Waals surface area contributed by atoms with Crippen LogP contribution in [0.2, 0.25) is 0 Å². The van der Waals surface area contributed by atoms with Gasteiger partial charge in [0.2, 0.25) is 0 Å². The fourth-order valence-electron chi connectivity index (χ4n) is 9.53. The zero-order valence-electron chi connectivity index (χ0n) is 57.2. The smallest absolute Gasteiger partial charge is 0.872 e. The zero-order chi connectivity index (χ0) is 63.1. The molecule has 0 unspecified atom stereocenters. The first kappa shape index (κ1) is 74.4. The zero-order valence-corrected chi connectivity index (χ0v) is 59.7. The molecule has 83 heavy (non-hydrogen) atoms. The molecule has 0 aliphatic rings. The van der Waals surface area contributed by atoms with E-state index in [-0.39, 0.29) is 92.5 Å². The summed E-state index contributed by atoms with van der Waals surface area (Å²) in [6.07, 6.45) is 0. The van der Waals surface area contributed by atoms with Gasteiger partial charge in [0.1, 0.15) is 0 Å². The third-order valence-electron chi connectivity index (χ3n) is 15.0. The van der Waals surface area contributed by atoms with Gasteiger partial charge in [-0.05, 0) is 138 Å². The number of hydrogen-bond donors (Lipinski definition) is 0. The molecular weight excluding hydrogens is 1100 g/mol. The first-order chi connectivity index (χ1) is 37.0. The van der Waals surface area contributed by atoms with Crippen LogP contribution >= 0.6 is 0 Å². The largest absolute Gasteiger partial charge is 4.00 e. The Bertz CT molecular complexity index is 2630. The molecule has 0 saturated carbocycles. The maximum atomic E-state index is 13.4. The summed E-state index contributed by atoms with van der Waals surface area (Å²) < 4.78 is 0. The molecule has 0 saturated heterocycles. The molecule has 0 heterocycles. The molecule has 0 spiro atoms. The van der Waals surface area contributed by atoms with E-state index < -0.39 is 0 Å². The second kappa shape index (κ2) is 28.7. The molecule has 0 aromatic heterocycles. The molecule has 0 N–H and O–H groups in total. The molecule has 452 valence electrons. The Hall–Kier alpha value is -4.68. The molecule has 0 bridgehead atoms. The topological polar surface area (TPSA) is 98.7 Å². The van der Waals surface area contributed by atoms with E-state index in [1.165, 1.54) is 33.4 Å². The molecule has 6 nitrogen and oxygen atoms in total. The summed E-state index contributed by atoms with van der Waals surface area (Å²) in [4.78, 5) is 4.20. The predicted molar refractivity (Wildman–Crippen MR) is 346 cm³/mol. The first-order valence-electron chi connectivity index (χ1n) is 29.8. The van der Waals surface area contributed by atoms with Crippen molar-refractivity contribution in [2.24, 2.45) is 0 Å². The summed E-state index contributed by atoms with van der Waals surface area (Å²) in [7, 11) is 4.00. The van der Waals surface area contributed by atoms with Crippen molar-refractivity contribution >= 4 is 0 Å². The Balaban J connectivity index is 0.000000452. The third kappa shape index (κ3) is 22.6. The van der Waals surface area contributed by atoms with E-state index >= 15 is 0 Å². The maximum absolute atomic E-state index is 13.4. The van der Waals surface area contributed by atoms with Gasteiger partial charge in [0, 0.05) is 26.2 Å². The van der Waals surface area contributed by atoms with Crippen molar-refractivity contribution < 1.29 is 46.6 Å². The first-order valence-corrected chi connectivity index (χ1v) is 29.8. The normalized spacial score (nSPS) is 12.6. The van der Waals surface area contributed by atoms with Gasteiger partial charge in [0.05, 0.1) is 0 Å². The Labute approximate surface area is 526 Å². The van der Waals surface area contributed by atoms with Gasteiger partial charge in [-0.15, -0.1) is 23.0 Å². The van der Waals surface area contributed by atoms with Crippen molar-refractivity contribution in [2.75, 3.05) is 14.1 Å². The minimum atomic E-state index is -0.226. The molecule has 6 aromatic carbocycles. The number of nitrogens with zero attached hydrogens (tertiary/aromatic N) is 2. The van der Waals surface area contributed by atoms with E-state index in [4.69, 9.17) is 0 Å². The van der Waals surface area contributed by atoms with Crippen LogP contribution in [0.1, 0.15) is 244 Å². The van der Waals surface area contributed by atoms with E-state index in [0.717, 1.165) is 44.5 Å². The SMILES string of the molecule is CN(Cc1cc(C(C)(C)C)cc(C(C)(C)C)c1[O-])Cc1cc(C(C)(C)C)cc(C(C)(C)C)c1[O-].CN(Cc1cc(C(C)(C)C)cc(C(C)(C)C)c1[O-])Cc1cc(C(C)(C)C)cc(C(C)(C)C)c1[O-].Cc1ccccc1.Cc1ccccc1.[Zr+4]. The molecule has 6 rings (SSSR count). The van der Waals surface area contributed by atoms with E-state index in [1.807, 2.05) is 50.5 Å². The number of hydrogen-bond acceptors (Lipinski definition) is 6. The van der Waals surface area contributed by atoms with Crippen molar-refractivity contribution in [3.8, 4) is 23.0 Å². The molecular formula is C76H110N2O4Zr. The molecule has 0 amide bonds. The molecule has 6 aromatic rings. The fourth-order valence-corrected chi connectivity index (χ4v) is 9.53. The molecule has 0 radical (unpaired) electrons. The molecule has 0 fully saturated rings. The van der Waals surface area contributed by atoms with Crippen LogP contribution in [-0.2, 0) is 95.7 Å². The van der Waals surface area contributed by atoms with Crippen LogP contribution in [0.4, 0.5) is 0 Å². The average Bonchev–Trinajstić information content (AvgIpc) is 3.29. The van der Waals surface area contributed by atoms with Gasteiger partial charge in [-0.2, -0.15) is 0 Å². The summed E-state index contributed by atoms with van der Waals surface area (Å²) in [5, 5.41) is 53.7. The molecule has 7 heteroatoms. The van der Waals surface area contributed by atoms with Crippen LogP contribution < -0.4 is 20.4 Å². The average molecular weight is 1210 g/mol. The van der Waals surface area contributed by atoms with Crippen molar-refractivity contribution in [1.82, 2.24) is 9.80 Å². The van der Waals surface area contributed by atoms with Crippen LogP contribution in [0, 0.1) is 13.8 Å². The van der Waals surface area contributed by atoms with Crippen molar-refractivity contribution in [3.63, 3.8) is 0 Å². The minimum Gasteiger partial charge on any atom is -0.872 e. The Morgan fingerprint density at radius 3 is 0.566 bits per heavy atom. The van der Waals surface area contributed by atoms with Crippen molar-refractivity contribution in [1.29, 1.82) is 0 Å². The Morgan fingerprint density at radius 2 is 0.446 bits per heavy atom. The predicted octanol–water partition coefficient (Wildman–Crippen LogP) is 17.3. The van der Waals surface area contributed by atoms with Gasteiger partial charge in [-0.3, -0.25) is 9.80 Å². The van der Waals surface area contributed by atoms with Gasteiger partial charge in [0.25, 0.3) is 0 Å². The van der Waals surface area contributed by atoms with E-state index in [0.29, 0.717) is 26.2 Å². The summed E-state index contributed by atoms with van der Waals surface area (Å²) in [6.45, 7) is 57.6. The second-order valence-electron chi connectivity index (χ2n) is 31.7. The van der Waals surface area contributed by atoms with Gasteiger partial charge in [-0.1, -0.05) is 286 Å². The van der Waals surface area contributed by atoms with Crippen LogP contribution in [0.3, 0.4) is 0 Å². The van der Waals surface area contributed by atoms with Crippen LogP contribution in [0.25, 0.3) is 0 Å². The van der Waals surface area contributed by atoms with Crippen LogP contribution in [0.5, 0.6) is 23.0 Å². The fraction of sp³-hybridized carbons (Fsp3) is 0.526. The quantitative estimate of drug-likeness (QED) is 0.151. The van der Waals surface area contributed by atoms with Gasteiger partial charge >= 0.3 is 26.2 Å². The van der Waals surface area contributed by atoms with Crippen LogP contribution in [0.15, 0.2) is 109 Å². The summed E-state index contributed by atoms with van der Waals surface area (Å²) in [5.74, 6) is 0.476. The minimum absolute atomic E-state index is 0. The Kier molecular flexibility index (Phi) is 25.7. The standard InChI is InChI=1S/2C31H49NO2.2C7H8.Zr/c2*1-28(2,3)22-14-20(26(33)24(16-22)30(7,8)9)18-32(13)19-21-15-23(29(4,5)6)17-25(27(21)34)31(10,11)12;2*1-7-5-3-2-4-6-7;/h2*14-17,33-34H,18-19H2,1-13H3;2*2-6H,1H3;/q;;;;+4/p-4. The van der Waals surface area contributed by atoms with E-state index in [2.05, 4.69) is 263 Å². The number of aryl methyl sites for hydroxylation is 2. The van der Waals surface area contributed by atoms with Gasteiger partial charge < -0.3 is 20.4 Å². The van der Waals surface area contributed by atoms with E-state index in [9.17, 15) is 20.4 Å². The molecule has 0 aliphatic carbocycles.